The Balaban J connectivity index is 1.04. The van der Waals surface area contributed by atoms with E-state index in [1.165, 1.54) is 51.4 Å². The first-order valence-electron chi connectivity index (χ1n) is 17.1. The lowest BCUT2D eigenvalue weighted by atomic mass is 9.54. The molecular formula is C33H52N6O5. The maximum absolute atomic E-state index is 13.7. The van der Waals surface area contributed by atoms with Crippen molar-refractivity contribution in [2.45, 2.75) is 103 Å². The van der Waals surface area contributed by atoms with Gasteiger partial charge in [-0.25, -0.2) is 14.3 Å². The topological polar surface area (TPSA) is 118 Å². The van der Waals surface area contributed by atoms with E-state index in [0.717, 1.165) is 24.7 Å². The summed E-state index contributed by atoms with van der Waals surface area (Å²) in [5.41, 5.74) is -0.0496. The molecule has 2 heterocycles. The molecule has 5 saturated carbocycles. The van der Waals surface area contributed by atoms with E-state index in [4.69, 9.17) is 9.47 Å². The Hall–Kier alpha value is -2.98. The minimum absolute atomic E-state index is 0.0840. The maximum Gasteiger partial charge on any atom is 0.410 e. The molecule has 1 saturated heterocycles. The summed E-state index contributed by atoms with van der Waals surface area (Å²) >= 11 is 0. The summed E-state index contributed by atoms with van der Waals surface area (Å²) in [6.45, 7) is 8.62. The first-order chi connectivity index (χ1) is 21.1. The fourth-order valence-electron chi connectivity index (χ4n) is 8.58. The predicted octanol–water partition coefficient (Wildman–Crippen LogP) is 4.66. The van der Waals surface area contributed by atoms with E-state index in [-0.39, 0.29) is 24.1 Å². The molecular weight excluding hydrogens is 560 g/mol. The Morgan fingerprint density at radius 1 is 0.909 bits per heavy atom. The number of carbonyl (C=O) groups is 3. The van der Waals surface area contributed by atoms with E-state index in [2.05, 4.69) is 15.7 Å². The molecule has 7 rings (SSSR count). The highest BCUT2D eigenvalue weighted by Gasteiger charge is 2.48. The van der Waals surface area contributed by atoms with Gasteiger partial charge >= 0.3 is 12.1 Å². The van der Waals surface area contributed by atoms with Crippen LogP contribution in [0.3, 0.4) is 0 Å². The van der Waals surface area contributed by atoms with Crippen molar-refractivity contribution in [1.29, 1.82) is 0 Å². The van der Waals surface area contributed by atoms with Gasteiger partial charge in [0.1, 0.15) is 11.2 Å². The van der Waals surface area contributed by atoms with Crippen LogP contribution in [-0.4, -0.2) is 88.6 Å². The van der Waals surface area contributed by atoms with Crippen molar-refractivity contribution in [1.82, 2.24) is 30.2 Å². The Morgan fingerprint density at radius 3 is 2.18 bits per heavy atom. The van der Waals surface area contributed by atoms with Crippen LogP contribution in [0.25, 0.3) is 0 Å². The fourth-order valence-corrected chi connectivity index (χ4v) is 8.58. The van der Waals surface area contributed by atoms with Crippen molar-refractivity contribution in [2.24, 2.45) is 29.6 Å². The van der Waals surface area contributed by atoms with Crippen LogP contribution in [-0.2, 0) is 11.3 Å². The summed E-state index contributed by atoms with van der Waals surface area (Å²) in [5.74, 6) is 3.82. The molecule has 11 nitrogen and oxygen atoms in total. The van der Waals surface area contributed by atoms with Gasteiger partial charge in [0, 0.05) is 38.8 Å². The number of rotatable bonds is 8. The SMILES string of the molecule is CC(C)(C)OC(=O)N1CCN(C(=O)NCCn2ncc(C(=O)NC3C4CC5CC(C4)CC3C5)c2OCC2CCCCC2)CC1. The first kappa shape index (κ1) is 31.0. The molecule has 11 heteroatoms. The van der Waals surface area contributed by atoms with Gasteiger partial charge in [-0.05, 0) is 95.3 Å². The fraction of sp³-hybridized carbons (Fsp3) is 0.818. The molecule has 44 heavy (non-hydrogen) atoms. The van der Waals surface area contributed by atoms with Crippen molar-refractivity contribution in [3.05, 3.63) is 11.8 Å². The van der Waals surface area contributed by atoms with E-state index in [0.29, 0.717) is 75.1 Å². The van der Waals surface area contributed by atoms with Crippen molar-refractivity contribution < 1.29 is 23.9 Å². The number of piperazine rings is 1. The van der Waals surface area contributed by atoms with Crippen LogP contribution in [0.5, 0.6) is 5.88 Å². The number of hydrogen-bond acceptors (Lipinski definition) is 6. The zero-order valence-corrected chi connectivity index (χ0v) is 26.9. The first-order valence-corrected chi connectivity index (χ1v) is 17.1. The van der Waals surface area contributed by atoms with Crippen LogP contribution in [0.1, 0.15) is 95.3 Å². The van der Waals surface area contributed by atoms with E-state index in [9.17, 15) is 14.4 Å². The zero-order chi connectivity index (χ0) is 30.8. The van der Waals surface area contributed by atoms with Gasteiger partial charge in [0.25, 0.3) is 5.91 Å². The smallest absolute Gasteiger partial charge is 0.410 e. The van der Waals surface area contributed by atoms with Crippen LogP contribution in [0.2, 0.25) is 0 Å². The molecule has 6 fully saturated rings. The summed E-state index contributed by atoms with van der Waals surface area (Å²) < 4.78 is 13.6. The molecule has 0 aromatic carbocycles. The molecule has 4 bridgehead atoms. The Morgan fingerprint density at radius 2 is 1.55 bits per heavy atom. The highest BCUT2D eigenvalue weighted by Crippen LogP contribution is 2.53. The van der Waals surface area contributed by atoms with Crippen LogP contribution < -0.4 is 15.4 Å². The molecule has 2 N–H and O–H groups in total. The quantitative estimate of drug-likeness (QED) is 0.441. The van der Waals surface area contributed by atoms with Crippen molar-refractivity contribution >= 4 is 18.0 Å². The average Bonchev–Trinajstić information content (AvgIpc) is 3.40. The van der Waals surface area contributed by atoms with Gasteiger partial charge in [-0.1, -0.05) is 19.3 Å². The summed E-state index contributed by atoms with van der Waals surface area (Å²) in [4.78, 5) is 42.4. The molecule has 1 aromatic heterocycles. The van der Waals surface area contributed by atoms with Gasteiger partial charge in [0.2, 0.25) is 5.88 Å². The standard InChI is InChI=1S/C33H52N6O5/c1-33(2,3)44-32(42)38-13-11-37(12-14-38)31(41)34-9-10-39-30(43-21-22-7-5-4-6-8-22)27(20-35-39)29(40)36-28-25-16-23-15-24(18-25)19-26(28)17-23/h20,22-26,28H,4-19,21H2,1-3H3,(H,34,41)(H,36,40). The van der Waals surface area contributed by atoms with Gasteiger partial charge in [-0.2, -0.15) is 5.10 Å². The Kier molecular flexibility index (Phi) is 9.29. The molecule has 0 atom stereocenters. The summed E-state index contributed by atoms with van der Waals surface area (Å²) in [7, 11) is 0. The molecule has 244 valence electrons. The average molecular weight is 613 g/mol. The maximum atomic E-state index is 13.7. The van der Waals surface area contributed by atoms with E-state index in [1.54, 1.807) is 20.7 Å². The van der Waals surface area contributed by atoms with Crippen molar-refractivity contribution in [3.63, 3.8) is 0 Å². The van der Waals surface area contributed by atoms with Crippen molar-refractivity contribution in [2.75, 3.05) is 39.3 Å². The molecule has 0 radical (unpaired) electrons. The predicted molar refractivity (Wildman–Crippen MR) is 165 cm³/mol. The summed E-state index contributed by atoms with van der Waals surface area (Å²) in [6, 6.07) is 0.0745. The van der Waals surface area contributed by atoms with Gasteiger partial charge in [0.15, 0.2) is 0 Å². The molecule has 1 aliphatic heterocycles. The van der Waals surface area contributed by atoms with Gasteiger partial charge in [-0.3, -0.25) is 4.79 Å². The monoisotopic (exact) mass is 612 g/mol. The van der Waals surface area contributed by atoms with Crippen LogP contribution >= 0.6 is 0 Å². The van der Waals surface area contributed by atoms with Gasteiger partial charge in [0.05, 0.1) is 19.3 Å². The normalized spacial score (nSPS) is 28.6. The number of hydrogen-bond donors (Lipinski definition) is 2. The van der Waals surface area contributed by atoms with Crippen LogP contribution in [0.15, 0.2) is 6.20 Å². The number of nitrogens with zero attached hydrogens (tertiary/aromatic N) is 4. The van der Waals surface area contributed by atoms with Crippen LogP contribution in [0.4, 0.5) is 9.59 Å². The van der Waals surface area contributed by atoms with E-state index in [1.807, 2.05) is 20.8 Å². The van der Waals surface area contributed by atoms with E-state index < -0.39 is 5.60 Å². The second kappa shape index (κ2) is 13.2. The summed E-state index contributed by atoms with van der Waals surface area (Å²) in [5, 5.41) is 11.0. The molecule has 5 aliphatic carbocycles. The molecule has 1 aromatic rings. The number of nitrogens with one attached hydrogen (secondary N) is 2. The Bertz CT molecular complexity index is 1150. The van der Waals surface area contributed by atoms with Gasteiger partial charge in [-0.15, -0.1) is 0 Å². The number of amides is 4. The largest absolute Gasteiger partial charge is 0.477 e. The Labute approximate surface area is 261 Å². The minimum atomic E-state index is -0.549. The third-order valence-corrected chi connectivity index (χ3v) is 10.6. The lowest BCUT2D eigenvalue weighted by molar-refractivity contribution is -0.0120. The van der Waals surface area contributed by atoms with Gasteiger partial charge < -0.3 is 29.9 Å². The lowest BCUT2D eigenvalue weighted by Gasteiger charge is -2.54. The summed E-state index contributed by atoms with van der Waals surface area (Å²) in [6.07, 6.45) is 13.7. The zero-order valence-electron chi connectivity index (χ0n) is 26.9. The number of carbonyl (C=O) groups excluding carboxylic acids is 3. The highest BCUT2D eigenvalue weighted by atomic mass is 16.6. The highest BCUT2D eigenvalue weighted by molar-refractivity contribution is 5.96. The third-order valence-electron chi connectivity index (χ3n) is 10.6. The molecule has 4 amide bonds. The lowest BCUT2D eigenvalue weighted by Crippen LogP contribution is -2.55. The number of aromatic nitrogens is 2. The molecule has 6 aliphatic rings. The number of urea groups is 1. The van der Waals surface area contributed by atoms with E-state index >= 15 is 0 Å². The molecule has 0 unspecified atom stereocenters. The second-order valence-electron chi connectivity index (χ2n) is 15.0. The van der Waals surface area contributed by atoms with Crippen molar-refractivity contribution in [3.8, 4) is 5.88 Å². The molecule has 0 spiro atoms. The number of ether oxygens (including phenoxy) is 2. The minimum Gasteiger partial charge on any atom is -0.477 e. The van der Waals surface area contributed by atoms with Crippen LogP contribution in [0, 0.1) is 29.6 Å². The second-order valence-corrected chi connectivity index (χ2v) is 15.0. The third kappa shape index (κ3) is 7.28.